The fourth-order valence-corrected chi connectivity index (χ4v) is 3.64. The summed E-state index contributed by atoms with van der Waals surface area (Å²) in [4.78, 5) is 12.4. The molecule has 0 radical (unpaired) electrons. The average molecular weight is 522 g/mol. The van der Waals surface area contributed by atoms with Gasteiger partial charge in [-0.15, -0.1) is 0 Å². The minimum atomic E-state index is -0.512. The second kappa shape index (κ2) is 8.80. The lowest BCUT2D eigenvalue weighted by Gasteiger charge is -2.11. The molecule has 0 saturated carbocycles. The number of carbonyl (C=O) groups excluding carboxylic acids is 1. The molecule has 0 fully saturated rings. The Morgan fingerprint density at radius 3 is 2.21 bits per heavy atom. The van der Waals surface area contributed by atoms with Gasteiger partial charge in [-0.2, -0.15) is 0 Å². The minimum Gasteiger partial charge on any atom is -0.506 e. The van der Waals surface area contributed by atoms with E-state index in [1.165, 1.54) is 24.3 Å². The SMILES string of the molecule is O=C(Nc1ccc(Oc2cc(Cl)c(Cl)cc2Cl)cc1)c1cc(Br)cc(Cl)c1O. The maximum Gasteiger partial charge on any atom is 0.259 e. The number of nitrogens with one attached hydrogen (secondary N) is 1. The van der Waals surface area contributed by atoms with Crippen LogP contribution in [0.4, 0.5) is 5.69 Å². The molecule has 2 N–H and O–H groups in total. The Morgan fingerprint density at radius 1 is 0.893 bits per heavy atom. The summed E-state index contributed by atoms with van der Waals surface area (Å²) in [5.74, 6) is 0.0201. The van der Waals surface area contributed by atoms with Crippen LogP contribution in [-0.4, -0.2) is 11.0 Å². The highest BCUT2D eigenvalue weighted by atomic mass is 79.9. The Balaban J connectivity index is 1.75. The highest BCUT2D eigenvalue weighted by molar-refractivity contribution is 9.10. The lowest BCUT2D eigenvalue weighted by molar-refractivity contribution is 0.102. The number of hydrogen-bond acceptors (Lipinski definition) is 3. The summed E-state index contributed by atoms with van der Waals surface area (Å²) in [5, 5.41) is 13.7. The van der Waals surface area contributed by atoms with Crippen LogP contribution in [0.25, 0.3) is 0 Å². The van der Waals surface area contributed by atoms with Gasteiger partial charge in [-0.1, -0.05) is 62.3 Å². The molecule has 9 heteroatoms. The molecule has 0 aliphatic carbocycles. The number of amides is 1. The fraction of sp³-hybridized carbons (Fsp3) is 0. The number of carbonyl (C=O) groups is 1. The molecule has 0 saturated heterocycles. The van der Waals surface area contributed by atoms with Gasteiger partial charge in [-0.05, 0) is 42.5 Å². The van der Waals surface area contributed by atoms with Gasteiger partial charge < -0.3 is 15.2 Å². The number of rotatable bonds is 4. The van der Waals surface area contributed by atoms with E-state index in [9.17, 15) is 9.90 Å². The van der Waals surface area contributed by atoms with Crippen molar-refractivity contribution < 1.29 is 14.6 Å². The van der Waals surface area contributed by atoms with Crippen molar-refractivity contribution >= 4 is 73.9 Å². The largest absolute Gasteiger partial charge is 0.506 e. The van der Waals surface area contributed by atoms with E-state index in [-0.39, 0.29) is 16.3 Å². The summed E-state index contributed by atoms with van der Waals surface area (Å²) in [5.41, 5.74) is 0.537. The third-order valence-corrected chi connectivity index (χ3v) is 5.35. The third kappa shape index (κ3) is 4.85. The quantitative estimate of drug-likeness (QED) is 0.344. The predicted molar refractivity (Wildman–Crippen MR) is 117 cm³/mol. The summed E-state index contributed by atoms with van der Waals surface area (Å²) >= 11 is 27.1. The highest BCUT2D eigenvalue weighted by Crippen LogP contribution is 2.37. The van der Waals surface area contributed by atoms with Crippen molar-refractivity contribution in [2.75, 3.05) is 5.32 Å². The highest BCUT2D eigenvalue weighted by Gasteiger charge is 2.15. The molecule has 0 aliphatic rings. The van der Waals surface area contributed by atoms with Gasteiger partial charge in [-0.25, -0.2) is 0 Å². The second-order valence-corrected chi connectivity index (χ2v) is 8.11. The molecule has 144 valence electrons. The number of phenols is 1. The van der Waals surface area contributed by atoms with Crippen molar-refractivity contribution in [1.82, 2.24) is 0 Å². The summed E-state index contributed by atoms with van der Waals surface area (Å²) in [6, 6.07) is 12.5. The van der Waals surface area contributed by atoms with E-state index in [1.54, 1.807) is 24.3 Å². The molecular weight excluding hydrogens is 512 g/mol. The maximum absolute atomic E-state index is 12.4. The van der Waals surface area contributed by atoms with Crippen molar-refractivity contribution in [2.45, 2.75) is 0 Å². The van der Waals surface area contributed by atoms with Crippen LogP contribution in [0.2, 0.25) is 20.1 Å². The first kappa shape index (κ1) is 21.1. The molecule has 28 heavy (non-hydrogen) atoms. The van der Waals surface area contributed by atoms with Crippen molar-refractivity contribution in [3.8, 4) is 17.2 Å². The standard InChI is InChI=1S/C19H10BrCl4NO3/c20-9-5-12(18(26)16(24)6-9)19(27)25-10-1-3-11(4-2-10)28-17-8-14(22)13(21)7-15(17)23/h1-8,26H,(H,25,27). The van der Waals surface area contributed by atoms with Gasteiger partial charge in [0.15, 0.2) is 0 Å². The average Bonchev–Trinajstić information content (AvgIpc) is 2.64. The molecule has 0 heterocycles. The summed E-state index contributed by atoms with van der Waals surface area (Å²) in [6.07, 6.45) is 0. The predicted octanol–water partition coefficient (Wildman–Crippen LogP) is 7.81. The molecule has 0 aliphatic heterocycles. The normalized spacial score (nSPS) is 10.6. The van der Waals surface area contributed by atoms with Crippen LogP contribution in [0.3, 0.4) is 0 Å². The van der Waals surface area contributed by atoms with Crippen LogP contribution in [0.15, 0.2) is 53.0 Å². The van der Waals surface area contributed by atoms with Crippen molar-refractivity contribution in [1.29, 1.82) is 0 Å². The van der Waals surface area contributed by atoms with E-state index in [0.29, 0.717) is 36.7 Å². The van der Waals surface area contributed by atoms with Crippen molar-refractivity contribution in [3.05, 3.63) is 78.7 Å². The molecule has 4 nitrogen and oxygen atoms in total. The van der Waals surface area contributed by atoms with E-state index in [2.05, 4.69) is 21.2 Å². The molecular formula is C19H10BrCl4NO3. The number of phenolic OH excluding ortho intramolecular Hbond substituents is 1. The molecule has 0 aromatic heterocycles. The van der Waals surface area contributed by atoms with Crippen LogP contribution in [-0.2, 0) is 0 Å². The maximum atomic E-state index is 12.4. The number of anilines is 1. The van der Waals surface area contributed by atoms with Crippen LogP contribution < -0.4 is 10.1 Å². The first-order chi connectivity index (χ1) is 13.2. The van der Waals surface area contributed by atoms with Crippen LogP contribution in [0.5, 0.6) is 17.2 Å². The Morgan fingerprint density at radius 2 is 1.54 bits per heavy atom. The summed E-state index contributed by atoms with van der Waals surface area (Å²) in [6.45, 7) is 0. The number of hydrogen-bond donors (Lipinski definition) is 2. The van der Waals surface area contributed by atoms with E-state index < -0.39 is 5.91 Å². The molecule has 0 unspecified atom stereocenters. The van der Waals surface area contributed by atoms with Gasteiger partial charge in [0.25, 0.3) is 5.91 Å². The molecule has 0 spiro atoms. The Kier molecular flexibility index (Phi) is 6.63. The van der Waals surface area contributed by atoms with Gasteiger partial charge in [-0.3, -0.25) is 4.79 Å². The zero-order valence-electron chi connectivity index (χ0n) is 13.8. The van der Waals surface area contributed by atoms with Gasteiger partial charge in [0, 0.05) is 16.2 Å². The van der Waals surface area contributed by atoms with Crippen LogP contribution >= 0.6 is 62.3 Å². The second-order valence-electron chi connectivity index (χ2n) is 5.56. The molecule has 0 bridgehead atoms. The van der Waals surface area contributed by atoms with Gasteiger partial charge in [0.2, 0.25) is 0 Å². The number of halogens is 5. The Labute approximate surface area is 189 Å². The van der Waals surface area contributed by atoms with Gasteiger partial charge in [0.05, 0.1) is 25.7 Å². The van der Waals surface area contributed by atoms with E-state index in [1.807, 2.05) is 0 Å². The first-order valence-corrected chi connectivity index (χ1v) is 9.97. The van der Waals surface area contributed by atoms with E-state index in [0.717, 1.165) is 0 Å². The molecule has 3 rings (SSSR count). The lowest BCUT2D eigenvalue weighted by Crippen LogP contribution is -2.12. The molecule has 3 aromatic carbocycles. The molecule has 1 amide bonds. The third-order valence-electron chi connectivity index (χ3n) is 3.59. The zero-order valence-corrected chi connectivity index (χ0v) is 18.4. The lowest BCUT2D eigenvalue weighted by atomic mass is 10.2. The Hall–Kier alpha value is -1.63. The number of ether oxygens (including phenoxy) is 1. The zero-order chi connectivity index (χ0) is 20.4. The van der Waals surface area contributed by atoms with Gasteiger partial charge in [0.1, 0.15) is 17.2 Å². The van der Waals surface area contributed by atoms with Crippen LogP contribution in [0, 0.1) is 0 Å². The van der Waals surface area contributed by atoms with E-state index in [4.69, 9.17) is 51.1 Å². The number of aromatic hydroxyl groups is 1. The van der Waals surface area contributed by atoms with Gasteiger partial charge >= 0.3 is 0 Å². The summed E-state index contributed by atoms with van der Waals surface area (Å²) in [7, 11) is 0. The molecule has 3 aromatic rings. The fourth-order valence-electron chi connectivity index (χ4n) is 2.25. The smallest absolute Gasteiger partial charge is 0.259 e. The summed E-state index contributed by atoms with van der Waals surface area (Å²) < 4.78 is 6.26. The van der Waals surface area contributed by atoms with E-state index >= 15 is 0 Å². The molecule has 0 atom stereocenters. The minimum absolute atomic E-state index is 0.0438. The Bertz CT molecular complexity index is 1060. The number of benzene rings is 3. The van der Waals surface area contributed by atoms with Crippen molar-refractivity contribution in [2.24, 2.45) is 0 Å². The van der Waals surface area contributed by atoms with Crippen LogP contribution in [0.1, 0.15) is 10.4 Å². The first-order valence-electron chi connectivity index (χ1n) is 7.66. The van der Waals surface area contributed by atoms with Crippen molar-refractivity contribution in [3.63, 3.8) is 0 Å². The topological polar surface area (TPSA) is 58.6 Å². The monoisotopic (exact) mass is 519 g/mol.